The molecule has 0 fully saturated rings. The number of ether oxygens (including phenoxy) is 1. The molecule has 2 aromatic rings. The number of amides is 1. The second-order valence-corrected chi connectivity index (χ2v) is 5.60. The van der Waals surface area contributed by atoms with E-state index in [4.69, 9.17) is 20.8 Å². The largest absolute Gasteiger partial charge is 0.463 e. The predicted molar refractivity (Wildman–Crippen MR) is 87.3 cm³/mol. The van der Waals surface area contributed by atoms with Gasteiger partial charge >= 0.3 is 5.97 Å². The molecule has 0 saturated heterocycles. The number of furan rings is 1. The van der Waals surface area contributed by atoms with E-state index in [0.29, 0.717) is 16.3 Å². The maximum Gasteiger partial charge on any atom is 0.307 e. The van der Waals surface area contributed by atoms with Crippen molar-refractivity contribution in [3.05, 3.63) is 47.2 Å². The second-order valence-electron chi connectivity index (χ2n) is 5.19. The number of carbonyl (C=O) groups excluding carboxylic acids is 2. The molecule has 6 heteroatoms. The van der Waals surface area contributed by atoms with Crippen molar-refractivity contribution in [1.29, 1.82) is 0 Å². The fraction of sp³-hybridized carbons (Fsp3) is 0.294. The molecule has 0 spiro atoms. The topological polar surface area (TPSA) is 68.5 Å². The van der Waals surface area contributed by atoms with Crippen LogP contribution in [0, 0.1) is 0 Å². The van der Waals surface area contributed by atoms with Gasteiger partial charge in [0.05, 0.1) is 17.5 Å². The summed E-state index contributed by atoms with van der Waals surface area (Å²) in [5.74, 6) is -0.0609. The molecule has 1 aromatic heterocycles. The third kappa shape index (κ3) is 4.86. The lowest BCUT2D eigenvalue weighted by Gasteiger charge is -2.07. The zero-order valence-electron chi connectivity index (χ0n) is 13.0. The van der Waals surface area contributed by atoms with E-state index < -0.39 is 0 Å². The van der Waals surface area contributed by atoms with Crippen molar-refractivity contribution in [2.75, 3.05) is 6.54 Å². The van der Waals surface area contributed by atoms with Gasteiger partial charge in [-0.1, -0.05) is 23.7 Å². The molecule has 0 saturated carbocycles. The smallest absolute Gasteiger partial charge is 0.307 e. The van der Waals surface area contributed by atoms with Crippen molar-refractivity contribution < 1.29 is 18.7 Å². The van der Waals surface area contributed by atoms with Gasteiger partial charge in [-0.15, -0.1) is 0 Å². The lowest BCUT2D eigenvalue weighted by atomic mass is 10.2. The number of nitrogens with one attached hydrogen (secondary N) is 1. The highest BCUT2D eigenvalue weighted by Gasteiger charge is 2.14. The molecule has 23 heavy (non-hydrogen) atoms. The molecule has 1 aromatic carbocycles. The van der Waals surface area contributed by atoms with Crippen molar-refractivity contribution >= 4 is 23.5 Å². The third-order valence-corrected chi connectivity index (χ3v) is 3.28. The van der Waals surface area contributed by atoms with Gasteiger partial charge in [-0.25, -0.2) is 0 Å². The molecule has 0 aliphatic carbocycles. The zero-order chi connectivity index (χ0) is 16.8. The molecule has 1 amide bonds. The van der Waals surface area contributed by atoms with Crippen LogP contribution in [-0.2, 0) is 9.53 Å². The normalized spacial score (nSPS) is 10.6. The molecule has 0 atom stereocenters. The SMILES string of the molecule is CC(C)OC(=O)CCNC(=O)c1ccc(-c2ccccc2Cl)o1. The maximum absolute atomic E-state index is 12.0. The van der Waals surface area contributed by atoms with Gasteiger partial charge in [-0.3, -0.25) is 9.59 Å². The van der Waals surface area contributed by atoms with Crippen LogP contribution in [0.2, 0.25) is 5.02 Å². The Hall–Kier alpha value is -2.27. The van der Waals surface area contributed by atoms with Crippen LogP contribution in [0.25, 0.3) is 11.3 Å². The number of rotatable bonds is 6. The van der Waals surface area contributed by atoms with Gasteiger partial charge in [-0.2, -0.15) is 0 Å². The van der Waals surface area contributed by atoms with Gasteiger partial charge in [-0.05, 0) is 38.1 Å². The number of halogens is 1. The second kappa shape index (κ2) is 7.83. The van der Waals surface area contributed by atoms with E-state index in [0.717, 1.165) is 0 Å². The number of esters is 1. The molecule has 0 radical (unpaired) electrons. The van der Waals surface area contributed by atoms with Gasteiger partial charge in [0.2, 0.25) is 0 Å². The summed E-state index contributed by atoms with van der Waals surface area (Å²) in [6, 6.07) is 10.5. The van der Waals surface area contributed by atoms with Crippen LogP contribution in [0.3, 0.4) is 0 Å². The van der Waals surface area contributed by atoms with E-state index in [1.54, 1.807) is 32.0 Å². The zero-order valence-corrected chi connectivity index (χ0v) is 13.7. The average molecular weight is 336 g/mol. The molecular weight excluding hydrogens is 318 g/mol. The molecule has 1 heterocycles. The fourth-order valence-corrected chi connectivity index (χ4v) is 2.18. The first-order valence-electron chi connectivity index (χ1n) is 7.30. The first-order valence-corrected chi connectivity index (χ1v) is 7.67. The number of carbonyl (C=O) groups is 2. The molecule has 5 nitrogen and oxygen atoms in total. The summed E-state index contributed by atoms with van der Waals surface area (Å²) in [5.41, 5.74) is 0.716. The first-order chi connectivity index (χ1) is 11.0. The van der Waals surface area contributed by atoms with Crippen LogP contribution < -0.4 is 5.32 Å². The summed E-state index contributed by atoms with van der Waals surface area (Å²) in [6.45, 7) is 3.73. The average Bonchev–Trinajstić information content (AvgIpc) is 2.96. The summed E-state index contributed by atoms with van der Waals surface area (Å²) in [4.78, 5) is 23.4. The highest BCUT2D eigenvalue weighted by molar-refractivity contribution is 6.33. The quantitative estimate of drug-likeness (QED) is 0.818. The van der Waals surface area contributed by atoms with Crippen molar-refractivity contribution in [2.45, 2.75) is 26.4 Å². The molecule has 122 valence electrons. The minimum Gasteiger partial charge on any atom is -0.463 e. The van der Waals surface area contributed by atoms with E-state index in [1.807, 2.05) is 18.2 Å². The number of hydrogen-bond donors (Lipinski definition) is 1. The maximum atomic E-state index is 12.0. The molecule has 1 N–H and O–H groups in total. The molecule has 0 aliphatic heterocycles. The third-order valence-electron chi connectivity index (χ3n) is 2.95. The highest BCUT2D eigenvalue weighted by atomic mass is 35.5. The molecule has 0 aliphatic rings. The Morgan fingerprint density at radius 2 is 1.96 bits per heavy atom. The summed E-state index contributed by atoms with van der Waals surface area (Å²) >= 11 is 6.10. The Bertz CT molecular complexity index is 693. The predicted octanol–water partition coefficient (Wildman–Crippen LogP) is 3.67. The van der Waals surface area contributed by atoms with Crippen molar-refractivity contribution in [2.24, 2.45) is 0 Å². The van der Waals surface area contributed by atoms with Gasteiger partial charge < -0.3 is 14.5 Å². The van der Waals surface area contributed by atoms with Gasteiger partial charge in [0.25, 0.3) is 5.91 Å². The molecule has 0 unspecified atom stereocenters. The van der Waals surface area contributed by atoms with Crippen molar-refractivity contribution in [3.8, 4) is 11.3 Å². The summed E-state index contributed by atoms with van der Waals surface area (Å²) in [5, 5.41) is 3.16. The van der Waals surface area contributed by atoms with Crippen LogP contribution in [0.5, 0.6) is 0 Å². The van der Waals surface area contributed by atoms with Gasteiger partial charge in [0.15, 0.2) is 5.76 Å². The van der Waals surface area contributed by atoms with Gasteiger partial charge in [0, 0.05) is 12.1 Å². The highest BCUT2D eigenvalue weighted by Crippen LogP contribution is 2.28. The Balaban J connectivity index is 1.92. The fourth-order valence-electron chi connectivity index (χ4n) is 1.95. The van der Waals surface area contributed by atoms with Crippen LogP contribution in [0.1, 0.15) is 30.8 Å². The summed E-state index contributed by atoms with van der Waals surface area (Å²) in [7, 11) is 0. The molecule has 2 rings (SSSR count). The monoisotopic (exact) mass is 335 g/mol. The van der Waals surface area contributed by atoms with E-state index >= 15 is 0 Å². The Morgan fingerprint density at radius 3 is 2.65 bits per heavy atom. The van der Waals surface area contributed by atoms with Crippen LogP contribution in [0.15, 0.2) is 40.8 Å². The Kier molecular flexibility index (Phi) is 5.82. The number of hydrogen-bond acceptors (Lipinski definition) is 4. The van der Waals surface area contributed by atoms with Crippen LogP contribution in [0.4, 0.5) is 0 Å². The van der Waals surface area contributed by atoms with E-state index in [-0.39, 0.29) is 36.7 Å². The Morgan fingerprint density at radius 1 is 1.22 bits per heavy atom. The lowest BCUT2D eigenvalue weighted by molar-refractivity contribution is -0.147. The summed E-state index contributed by atoms with van der Waals surface area (Å²) in [6.07, 6.45) is -0.0522. The van der Waals surface area contributed by atoms with Crippen molar-refractivity contribution in [1.82, 2.24) is 5.32 Å². The minimum atomic E-state index is -0.388. The standard InChI is InChI=1S/C17H18ClNO4/c1-11(2)22-16(20)9-10-19-17(21)15-8-7-14(23-15)12-5-3-4-6-13(12)18/h3-8,11H,9-10H2,1-2H3,(H,19,21). The van der Waals surface area contributed by atoms with Crippen LogP contribution in [-0.4, -0.2) is 24.5 Å². The van der Waals surface area contributed by atoms with E-state index in [1.165, 1.54) is 0 Å². The van der Waals surface area contributed by atoms with Crippen molar-refractivity contribution in [3.63, 3.8) is 0 Å². The molecule has 0 bridgehead atoms. The van der Waals surface area contributed by atoms with Crippen LogP contribution >= 0.6 is 11.6 Å². The van der Waals surface area contributed by atoms with E-state index in [9.17, 15) is 9.59 Å². The first kappa shape index (κ1) is 17.1. The minimum absolute atomic E-state index is 0.113. The number of benzene rings is 1. The van der Waals surface area contributed by atoms with E-state index in [2.05, 4.69) is 5.32 Å². The lowest BCUT2D eigenvalue weighted by Crippen LogP contribution is -2.26. The van der Waals surface area contributed by atoms with Gasteiger partial charge in [0.1, 0.15) is 5.76 Å². The summed E-state index contributed by atoms with van der Waals surface area (Å²) < 4.78 is 10.5. The Labute approximate surface area is 139 Å². The molecular formula is C17H18ClNO4.